The van der Waals surface area contributed by atoms with Crippen molar-refractivity contribution in [2.75, 3.05) is 30.6 Å². The van der Waals surface area contributed by atoms with Gasteiger partial charge in [-0.05, 0) is 36.1 Å². The molecule has 4 heteroatoms. The van der Waals surface area contributed by atoms with E-state index in [2.05, 4.69) is 46.9 Å². The fraction of sp³-hybridized carbons (Fsp3) is 0.267. The van der Waals surface area contributed by atoms with Gasteiger partial charge in [0.15, 0.2) is 0 Å². The Morgan fingerprint density at radius 3 is 2.37 bits per heavy atom. The highest BCUT2D eigenvalue weighted by Crippen LogP contribution is 2.16. The number of rotatable bonds is 5. The van der Waals surface area contributed by atoms with E-state index in [0.29, 0.717) is 0 Å². The van der Waals surface area contributed by atoms with Crippen LogP contribution in [0.2, 0.25) is 0 Å². The van der Waals surface area contributed by atoms with Crippen LogP contribution >= 0.6 is 11.8 Å². The van der Waals surface area contributed by atoms with Crippen molar-refractivity contribution in [3.63, 3.8) is 0 Å². The van der Waals surface area contributed by atoms with Crippen LogP contribution in [0.25, 0.3) is 0 Å². The molecule has 100 valence electrons. The molecule has 1 aromatic heterocycles. The van der Waals surface area contributed by atoms with Crippen LogP contribution < -0.4 is 10.2 Å². The number of nitrogens with zero attached hydrogens (tertiary/aromatic N) is 2. The topological polar surface area (TPSA) is 28.2 Å². The third kappa shape index (κ3) is 3.89. The number of hydrogen-bond donors (Lipinski definition) is 1. The summed E-state index contributed by atoms with van der Waals surface area (Å²) in [6, 6.07) is 12.7. The molecule has 0 bridgehead atoms. The van der Waals surface area contributed by atoms with Crippen molar-refractivity contribution in [3.8, 4) is 0 Å². The van der Waals surface area contributed by atoms with Crippen molar-refractivity contribution in [2.24, 2.45) is 0 Å². The molecule has 0 radical (unpaired) electrons. The molecule has 0 aliphatic rings. The molecule has 0 spiro atoms. The van der Waals surface area contributed by atoms with E-state index in [1.165, 1.54) is 10.5 Å². The molecule has 0 saturated carbocycles. The number of pyridine rings is 1. The predicted molar refractivity (Wildman–Crippen MR) is 84.1 cm³/mol. The van der Waals surface area contributed by atoms with Crippen molar-refractivity contribution in [2.45, 2.75) is 11.4 Å². The quantitative estimate of drug-likeness (QED) is 0.844. The van der Waals surface area contributed by atoms with E-state index >= 15 is 0 Å². The lowest BCUT2D eigenvalue weighted by Crippen LogP contribution is -2.10. The number of benzene rings is 1. The minimum atomic E-state index is 0.817. The Morgan fingerprint density at radius 1 is 1.11 bits per heavy atom. The molecular weight excluding hydrogens is 254 g/mol. The average Bonchev–Trinajstić information content (AvgIpc) is 2.46. The van der Waals surface area contributed by atoms with Crippen LogP contribution in [0, 0.1) is 0 Å². The first-order valence-electron chi connectivity index (χ1n) is 6.19. The number of aromatic nitrogens is 1. The zero-order valence-electron chi connectivity index (χ0n) is 11.6. The third-order valence-electron chi connectivity index (χ3n) is 2.86. The largest absolute Gasteiger partial charge is 0.380 e. The first-order valence-corrected chi connectivity index (χ1v) is 7.41. The zero-order valence-corrected chi connectivity index (χ0v) is 12.4. The smallest absolute Gasteiger partial charge is 0.128 e. The number of thioether (sulfide) groups is 1. The zero-order chi connectivity index (χ0) is 13.7. The van der Waals surface area contributed by atoms with Crippen molar-refractivity contribution < 1.29 is 0 Å². The van der Waals surface area contributed by atoms with Crippen molar-refractivity contribution in [3.05, 3.63) is 48.2 Å². The molecule has 0 saturated heterocycles. The number of hydrogen-bond acceptors (Lipinski definition) is 4. The van der Waals surface area contributed by atoms with E-state index in [-0.39, 0.29) is 0 Å². The summed E-state index contributed by atoms with van der Waals surface area (Å²) >= 11 is 1.76. The Hall–Kier alpha value is -1.68. The van der Waals surface area contributed by atoms with Gasteiger partial charge >= 0.3 is 0 Å². The first kappa shape index (κ1) is 13.7. The van der Waals surface area contributed by atoms with Gasteiger partial charge in [0, 0.05) is 25.5 Å². The predicted octanol–water partition coefficient (Wildman–Crippen LogP) is 3.48. The van der Waals surface area contributed by atoms with Crippen molar-refractivity contribution >= 4 is 23.3 Å². The molecule has 1 aromatic carbocycles. The highest BCUT2D eigenvalue weighted by atomic mass is 32.2. The fourth-order valence-corrected chi connectivity index (χ4v) is 2.11. The SMILES string of the molecule is CSc1ccc(CNc2ccc(N(C)C)nc2)cc1. The highest BCUT2D eigenvalue weighted by molar-refractivity contribution is 7.98. The lowest BCUT2D eigenvalue weighted by Gasteiger charge is -2.12. The van der Waals surface area contributed by atoms with Gasteiger partial charge in [0.25, 0.3) is 0 Å². The van der Waals surface area contributed by atoms with Crippen LogP contribution in [0.5, 0.6) is 0 Å². The molecule has 1 heterocycles. The van der Waals surface area contributed by atoms with Gasteiger partial charge in [0.05, 0.1) is 11.9 Å². The molecule has 3 nitrogen and oxygen atoms in total. The molecule has 0 fully saturated rings. The molecule has 0 aliphatic heterocycles. The third-order valence-corrected chi connectivity index (χ3v) is 3.61. The monoisotopic (exact) mass is 273 g/mol. The molecular formula is C15H19N3S. The summed E-state index contributed by atoms with van der Waals surface area (Å²) < 4.78 is 0. The molecule has 2 rings (SSSR count). The van der Waals surface area contributed by atoms with Crippen molar-refractivity contribution in [1.29, 1.82) is 0 Å². The van der Waals surface area contributed by atoms with Gasteiger partial charge < -0.3 is 10.2 Å². The standard InChI is InChI=1S/C15H19N3S/c1-18(2)15-9-6-13(11-17-15)16-10-12-4-7-14(19-3)8-5-12/h4-9,11,16H,10H2,1-3H3. The van der Waals surface area contributed by atoms with Gasteiger partial charge in [0.1, 0.15) is 5.82 Å². The van der Waals surface area contributed by atoms with Gasteiger partial charge in [-0.2, -0.15) is 0 Å². The van der Waals surface area contributed by atoms with E-state index in [1.807, 2.05) is 31.3 Å². The lowest BCUT2D eigenvalue weighted by molar-refractivity contribution is 1.06. The summed E-state index contributed by atoms with van der Waals surface area (Å²) in [5.74, 6) is 0.967. The van der Waals surface area contributed by atoms with Gasteiger partial charge in [-0.15, -0.1) is 11.8 Å². The number of anilines is 2. The Labute approximate surface area is 119 Å². The van der Waals surface area contributed by atoms with Crippen LogP contribution in [-0.4, -0.2) is 25.3 Å². The maximum atomic E-state index is 4.38. The van der Waals surface area contributed by atoms with Crippen molar-refractivity contribution in [1.82, 2.24) is 4.98 Å². The molecule has 1 N–H and O–H groups in total. The summed E-state index contributed by atoms with van der Waals surface area (Å²) in [6.45, 7) is 0.817. The van der Waals surface area contributed by atoms with Gasteiger partial charge in [0.2, 0.25) is 0 Å². The summed E-state index contributed by atoms with van der Waals surface area (Å²) in [6.07, 6.45) is 3.96. The Balaban J connectivity index is 1.94. The summed E-state index contributed by atoms with van der Waals surface area (Å²) in [4.78, 5) is 7.66. The second-order valence-electron chi connectivity index (χ2n) is 4.50. The van der Waals surface area contributed by atoms with Crippen LogP contribution in [-0.2, 0) is 6.54 Å². The first-order chi connectivity index (χ1) is 9.19. The Bertz CT molecular complexity index is 506. The average molecular weight is 273 g/mol. The maximum Gasteiger partial charge on any atom is 0.128 e. The van der Waals surface area contributed by atoms with E-state index < -0.39 is 0 Å². The van der Waals surface area contributed by atoms with Gasteiger partial charge in [-0.3, -0.25) is 0 Å². The minimum absolute atomic E-state index is 0.817. The molecule has 0 amide bonds. The summed E-state index contributed by atoms with van der Waals surface area (Å²) in [5.41, 5.74) is 2.31. The molecule has 2 aromatic rings. The van der Waals surface area contributed by atoms with Gasteiger partial charge in [-0.25, -0.2) is 4.98 Å². The van der Waals surface area contributed by atoms with Crippen LogP contribution in [0.1, 0.15) is 5.56 Å². The van der Waals surface area contributed by atoms with E-state index in [4.69, 9.17) is 0 Å². The van der Waals surface area contributed by atoms with E-state index in [1.54, 1.807) is 11.8 Å². The molecule has 0 atom stereocenters. The van der Waals surface area contributed by atoms with E-state index in [0.717, 1.165) is 18.1 Å². The van der Waals surface area contributed by atoms with Gasteiger partial charge in [-0.1, -0.05) is 12.1 Å². The highest BCUT2D eigenvalue weighted by Gasteiger charge is 1.98. The summed E-state index contributed by atoms with van der Waals surface area (Å²) in [5, 5.41) is 3.38. The van der Waals surface area contributed by atoms with Crippen LogP contribution in [0.4, 0.5) is 11.5 Å². The Kier molecular flexibility index (Phi) is 4.68. The Morgan fingerprint density at radius 2 is 1.84 bits per heavy atom. The van der Waals surface area contributed by atoms with Crippen LogP contribution in [0.3, 0.4) is 0 Å². The maximum absolute atomic E-state index is 4.38. The second-order valence-corrected chi connectivity index (χ2v) is 5.38. The van der Waals surface area contributed by atoms with Crippen LogP contribution in [0.15, 0.2) is 47.5 Å². The number of nitrogens with one attached hydrogen (secondary N) is 1. The molecule has 0 aliphatic carbocycles. The molecule has 19 heavy (non-hydrogen) atoms. The summed E-state index contributed by atoms with van der Waals surface area (Å²) in [7, 11) is 3.98. The second kappa shape index (κ2) is 6.48. The van der Waals surface area contributed by atoms with E-state index in [9.17, 15) is 0 Å². The molecule has 0 unspecified atom stereocenters. The normalized spacial score (nSPS) is 10.3. The fourth-order valence-electron chi connectivity index (χ4n) is 1.70. The lowest BCUT2D eigenvalue weighted by atomic mass is 10.2. The minimum Gasteiger partial charge on any atom is -0.380 e.